The molecule has 1 aromatic heterocycles. The van der Waals surface area contributed by atoms with Gasteiger partial charge in [0.05, 0.1) is 17.9 Å². The molecule has 2 heterocycles. The fraction of sp³-hybridized carbons (Fsp3) is 0.458. The number of methoxy groups -OCH3 is 1. The van der Waals surface area contributed by atoms with Gasteiger partial charge in [0.1, 0.15) is 17.2 Å². The molecule has 1 fully saturated rings. The van der Waals surface area contributed by atoms with Crippen LogP contribution in [0.2, 0.25) is 5.02 Å². The van der Waals surface area contributed by atoms with Crippen molar-refractivity contribution in [3.05, 3.63) is 52.9 Å². The van der Waals surface area contributed by atoms with E-state index in [-0.39, 0.29) is 42.7 Å². The summed E-state index contributed by atoms with van der Waals surface area (Å²) in [6.45, 7) is 6.26. The summed E-state index contributed by atoms with van der Waals surface area (Å²) in [5.41, 5.74) is -0.195. The molecule has 0 aliphatic carbocycles. The molecular weight excluding hydrogens is 557 g/mol. The lowest BCUT2D eigenvalue weighted by atomic mass is 10.2. The Hall–Kier alpha value is -2.61. The summed E-state index contributed by atoms with van der Waals surface area (Å²) < 4.78 is 51.6. The van der Waals surface area contributed by atoms with E-state index in [1.54, 1.807) is 39.0 Å². The lowest BCUT2D eigenvalue weighted by Crippen LogP contribution is -2.51. The van der Waals surface area contributed by atoms with Gasteiger partial charge in [0.15, 0.2) is 5.16 Å². The lowest BCUT2D eigenvalue weighted by molar-refractivity contribution is 0.0192. The van der Waals surface area contributed by atoms with Gasteiger partial charge in [-0.3, -0.25) is 0 Å². The first-order valence-corrected chi connectivity index (χ1v) is 14.7. The zero-order valence-corrected chi connectivity index (χ0v) is 24.0. The highest BCUT2D eigenvalue weighted by Crippen LogP contribution is 2.27. The Morgan fingerprint density at radius 2 is 1.95 bits per heavy atom. The number of anilines is 1. The number of rotatable bonds is 9. The summed E-state index contributed by atoms with van der Waals surface area (Å²) in [5.74, 6) is 0.211. The van der Waals surface area contributed by atoms with Crippen LogP contribution in [0.3, 0.4) is 0 Å². The highest BCUT2D eigenvalue weighted by Gasteiger charge is 2.30. The van der Waals surface area contributed by atoms with Gasteiger partial charge in [0.2, 0.25) is 15.9 Å². The van der Waals surface area contributed by atoms with Crippen LogP contribution >= 0.6 is 23.4 Å². The molecule has 1 aromatic carbocycles. The van der Waals surface area contributed by atoms with Gasteiger partial charge in [-0.05, 0) is 38.6 Å². The number of hydrogen-bond acceptors (Lipinski definition) is 9. The van der Waals surface area contributed by atoms with E-state index in [0.29, 0.717) is 22.4 Å². The minimum absolute atomic E-state index is 0.0435. The van der Waals surface area contributed by atoms with E-state index in [2.05, 4.69) is 15.3 Å². The highest BCUT2D eigenvalue weighted by atomic mass is 35.5. The Morgan fingerprint density at radius 1 is 1.24 bits per heavy atom. The molecule has 2 aromatic rings. The maximum absolute atomic E-state index is 14.2. The van der Waals surface area contributed by atoms with Gasteiger partial charge in [0.25, 0.3) is 0 Å². The van der Waals surface area contributed by atoms with E-state index in [1.807, 2.05) is 0 Å². The van der Waals surface area contributed by atoms with Crippen LogP contribution in [-0.2, 0) is 20.5 Å². The lowest BCUT2D eigenvalue weighted by Gasteiger charge is -2.34. The van der Waals surface area contributed by atoms with Crippen molar-refractivity contribution in [2.75, 3.05) is 44.4 Å². The van der Waals surface area contributed by atoms with Gasteiger partial charge in [-0.25, -0.2) is 22.6 Å². The Kier molecular flexibility index (Phi) is 10.2. The number of ether oxygens (including phenoxy) is 2. The fourth-order valence-corrected chi connectivity index (χ4v) is 5.63. The second kappa shape index (κ2) is 13.0. The number of thioether (sulfide) groups is 1. The van der Waals surface area contributed by atoms with E-state index in [4.69, 9.17) is 21.1 Å². The number of benzene rings is 1. The van der Waals surface area contributed by atoms with Crippen molar-refractivity contribution in [2.45, 2.75) is 37.3 Å². The molecule has 208 valence electrons. The van der Waals surface area contributed by atoms with Crippen LogP contribution in [-0.4, -0.2) is 78.3 Å². The van der Waals surface area contributed by atoms with Crippen molar-refractivity contribution in [1.29, 1.82) is 0 Å². The van der Waals surface area contributed by atoms with Crippen molar-refractivity contribution >= 4 is 45.3 Å². The van der Waals surface area contributed by atoms with Crippen LogP contribution in [0.25, 0.3) is 0 Å². The van der Waals surface area contributed by atoms with Crippen LogP contribution in [0.1, 0.15) is 26.3 Å². The van der Waals surface area contributed by atoms with E-state index in [1.165, 1.54) is 46.4 Å². The fourth-order valence-electron chi connectivity index (χ4n) is 3.34. The molecule has 0 unspecified atom stereocenters. The Balaban J connectivity index is 1.54. The maximum atomic E-state index is 14.2. The quantitative estimate of drug-likeness (QED) is 0.337. The first-order chi connectivity index (χ1) is 17.9. The molecule has 0 atom stereocenters. The number of carbonyl (C=O) groups excluding carboxylic acids is 1. The zero-order chi connectivity index (χ0) is 27.9. The van der Waals surface area contributed by atoms with Crippen molar-refractivity contribution in [1.82, 2.24) is 19.2 Å². The van der Waals surface area contributed by atoms with Gasteiger partial charge >= 0.3 is 6.09 Å². The summed E-state index contributed by atoms with van der Waals surface area (Å²) in [6, 6.07) is 6.33. The third kappa shape index (κ3) is 8.72. The first kappa shape index (κ1) is 29.9. The van der Waals surface area contributed by atoms with Crippen molar-refractivity contribution in [2.24, 2.45) is 0 Å². The van der Waals surface area contributed by atoms with E-state index in [9.17, 15) is 17.6 Å². The standard InChI is InChI=1S/C24H31ClFN5O5S2/c1-24(2,3)36-23(32)30-10-12-31(13-11-30)38(33,34)14-6-9-27-19-15-20(35-4)29-22(28-19)37-16-17-7-5-8-18(25)21(17)26/h5-9,15H,10-14,16H2,1-4H3,(H,27,28,29). The molecule has 1 N–H and O–H groups in total. The number of nitrogens with zero attached hydrogens (tertiary/aromatic N) is 4. The van der Waals surface area contributed by atoms with Gasteiger partial charge in [-0.2, -0.15) is 9.29 Å². The second-order valence-electron chi connectivity index (χ2n) is 9.27. The Morgan fingerprint density at radius 3 is 2.61 bits per heavy atom. The SMILES string of the molecule is COc1cc(NC=CCS(=O)(=O)N2CCN(C(=O)OC(C)(C)C)CC2)nc(SCc2cccc(Cl)c2F)n1. The summed E-state index contributed by atoms with van der Waals surface area (Å²) in [6.07, 6.45) is 2.49. The van der Waals surface area contributed by atoms with Crippen molar-refractivity contribution < 1.29 is 27.1 Å². The van der Waals surface area contributed by atoms with Gasteiger partial charge < -0.3 is 19.7 Å². The van der Waals surface area contributed by atoms with Crippen LogP contribution < -0.4 is 10.1 Å². The number of halogens is 2. The van der Waals surface area contributed by atoms with Crippen LogP contribution in [0, 0.1) is 5.82 Å². The maximum Gasteiger partial charge on any atom is 0.410 e. The van der Waals surface area contributed by atoms with Gasteiger partial charge in [-0.1, -0.05) is 41.6 Å². The number of sulfonamides is 1. The average Bonchev–Trinajstić information content (AvgIpc) is 2.86. The summed E-state index contributed by atoms with van der Waals surface area (Å²) in [5, 5.41) is 3.31. The van der Waals surface area contributed by atoms with Crippen LogP contribution in [0.15, 0.2) is 41.7 Å². The largest absolute Gasteiger partial charge is 0.481 e. The number of nitrogens with one attached hydrogen (secondary N) is 1. The molecule has 3 rings (SSSR count). The predicted molar refractivity (Wildman–Crippen MR) is 145 cm³/mol. The third-order valence-corrected chi connectivity index (χ3v) is 8.17. The minimum Gasteiger partial charge on any atom is -0.481 e. The van der Waals surface area contributed by atoms with Crippen molar-refractivity contribution in [3.63, 3.8) is 0 Å². The molecule has 0 saturated carbocycles. The third-order valence-electron chi connectivity index (χ3n) is 5.22. The van der Waals surface area contributed by atoms with Crippen LogP contribution in [0.4, 0.5) is 15.0 Å². The molecule has 10 nitrogen and oxygen atoms in total. The van der Waals surface area contributed by atoms with Crippen molar-refractivity contribution in [3.8, 4) is 5.88 Å². The molecule has 0 radical (unpaired) electrons. The smallest absolute Gasteiger partial charge is 0.410 e. The molecule has 1 aliphatic heterocycles. The van der Waals surface area contributed by atoms with E-state index < -0.39 is 27.5 Å². The Labute approximate surface area is 231 Å². The monoisotopic (exact) mass is 587 g/mol. The van der Waals surface area contributed by atoms with Crippen LogP contribution in [0.5, 0.6) is 5.88 Å². The van der Waals surface area contributed by atoms with Gasteiger partial charge in [-0.15, -0.1) is 0 Å². The van der Waals surface area contributed by atoms with E-state index in [0.717, 1.165) is 0 Å². The number of piperazine rings is 1. The highest BCUT2D eigenvalue weighted by molar-refractivity contribution is 7.98. The Bertz CT molecular complexity index is 1270. The number of amides is 1. The minimum atomic E-state index is -3.57. The van der Waals surface area contributed by atoms with Gasteiger partial charge in [0, 0.05) is 38.0 Å². The average molecular weight is 588 g/mol. The number of hydrogen-bond donors (Lipinski definition) is 1. The molecule has 1 saturated heterocycles. The van der Waals surface area contributed by atoms with E-state index >= 15 is 0 Å². The summed E-state index contributed by atoms with van der Waals surface area (Å²) in [7, 11) is -2.11. The molecule has 0 spiro atoms. The summed E-state index contributed by atoms with van der Waals surface area (Å²) >= 11 is 7.04. The molecule has 0 bridgehead atoms. The zero-order valence-electron chi connectivity index (χ0n) is 21.6. The second-order valence-corrected chi connectivity index (χ2v) is 12.6. The molecular formula is C24H31ClFN5O5S2. The first-order valence-electron chi connectivity index (χ1n) is 11.7. The summed E-state index contributed by atoms with van der Waals surface area (Å²) in [4.78, 5) is 22.3. The molecule has 1 amide bonds. The number of aromatic nitrogens is 2. The number of carbonyl (C=O) groups is 1. The topological polar surface area (TPSA) is 114 Å². The molecule has 38 heavy (non-hydrogen) atoms. The molecule has 14 heteroatoms. The predicted octanol–water partition coefficient (Wildman–Crippen LogP) is 4.38. The molecule has 1 aliphatic rings. The normalized spacial score (nSPS) is 15.1.